The zero-order valence-electron chi connectivity index (χ0n) is 11.5. The maximum absolute atomic E-state index is 13.3. The quantitative estimate of drug-likeness (QED) is 0.856. The smallest absolute Gasteiger partial charge is 0.223 e. The van der Waals surface area contributed by atoms with E-state index in [1.54, 1.807) is 11.0 Å². The van der Waals surface area contributed by atoms with Gasteiger partial charge in [-0.1, -0.05) is 24.8 Å². The second kappa shape index (κ2) is 6.53. The van der Waals surface area contributed by atoms with Gasteiger partial charge in [0.15, 0.2) is 0 Å². The van der Waals surface area contributed by atoms with Gasteiger partial charge in [0.05, 0.1) is 6.61 Å². The van der Waals surface area contributed by atoms with Gasteiger partial charge in [-0.2, -0.15) is 0 Å². The third-order valence-corrected chi connectivity index (χ3v) is 3.30. The van der Waals surface area contributed by atoms with Crippen molar-refractivity contribution in [1.82, 2.24) is 4.90 Å². The van der Waals surface area contributed by atoms with E-state index in [9.17, 15) is 9.18 Å². The zero-order valence-corrected chi connectivity index (χ0v) is 11.5. The molecule has 0 aliphatic carbocycles. The Labute approximate surface area is 118 Å². The molecular formula is C16H18FNO2. The maximum atomic E-state index is 13.3. The molecule has 1 aliphatic heterocycles. The number of aliphatic hydroxyl groups is 1. The summed E-state index contributed by atoms with van der Waals surface area (Å²) < 4.78 is 13.3. The summed E-state index contributed by atoms with van der Waals surface area (Å²) in [5.41, 5.74) is 1.44. The van der Waals surface area contributed by atoms with Crippen molar-refractivity contribution in [2.24, 2.45) is 5.92 Å². The lowest BCUT2D eigenvalue weighted by Crippen LogP contribution is -2.24. The Bertz CT molecular complexity index is 559. The monoisotopic (exact) mass is 275 g/mol. The van der Waals surface area contributed by atoms with Gasteiger partial charge >= 0.3 is 0 Å². The SMILES string of the molecule is CC1CC(=O)N(Cc2ccc(F)cc2C#CCCO)C1. The summed E-state index contributed by atoms with van der Waals surface area (Å²) in [6.07, 6.45) is 0.933. The van der Waals surface area contributed by atoms with Gasteiger partial charge in [-0.3, -0.25) is 4.79 Å². The lowest BCUT2D eigenvalue weighted by atomic mass is 10.1. The van der Waals surface area contributed by atoms with Crippen molar-refractivity contribution >= 4 is 5.91 Å². The van der Waals surface area contributed by atoms with Gasteiger partial charge in [0.1, 0.15) is 5.82 Å². The van der Waals surface area contributed by atoms with E-state index in [0.29, 0.717) is 30.9 Å². The highest BCUT2D eigenvalue weighted by atomic mass is 19.1. The van der Waals surface area contributed by atoms with Crippen molar-refractivity contribution in [2.75, 3.05) is 13.2 Å². The summed E-state index contributed by atoms with van der Waals surface area (Å²) in [4.78, 5) is 13.6. The third kappa shape index (κ3) is 3.58. The first-order valence-corrected chi connectivity index (χ1v) is 6.76. The summed E-state index contributed by atoms with van der Waals surface area (Å²) in [5, 5.41) is 8.73. The second-order valence-corrected chi connectivity index (χ2v) is 5.16. The van der Waals surface area contributed by atoms with Crippen LogP contribution in [-0.4, -0.2) is 29.1 Å². The number of rotatable bonds is 3. The Morgan fingerprint density at radius 2 is 2.30 bits per heavy atom. The predicted molar refractivity (Wildman–Crippen MR) is 74.2 cm³/mol. The number of hydrogen-bond acceptors (Lipinski definition) is 2. The Kier molecular flexibility index (Phi) is 4.75. The number of halogens is 1. The van der Waals surface area contributed by atoms with Crippen molar-refractivity contribution < 1.29 is 14.3 Å². The molecule has 1 N–H and O–H groups in total. The van der Waals surface area contributed by atoms with E-state index in [1.165, 1.54) is 12.1 Å². The fourth-order valence-corrected chi connectivity index (χ4v) is 2.34. The highest BCUT2D eigenvalue weighted by molar-refractivity contribution is 5.78. The number of carbonyl (C=O) groups is 1. The van der Waals surface area contributed by atoms with E-state index in [1.807, 2.05) is 6.92 Å². The standard InChI is InChI=1S/C16H18FNO2/c1-12-8-16(20)18(10-12)11-14-5-6-15(17)9-13(14)4-2-3-7-19/h5-6,9,12,19H,3,7-8,10-11H2,1H3. The molecule has 1 amide bonds. The van der Waals surface area contributed by atoms with Crippen molar-refractivity contribution in [3.63, 3.8) is 0 Å². The molecule has 1 aliphatic rings. The lowest BCUT2D eigenvalue weighted by molar-refractivity contribution is -0.128. The van der Waals surface area contributed by atoms with Gasteiger partial charge in [-0.15, -0.1) is 0 Å². The molecule has 0 aromatic heterocycles. The van der Waals surface area contributed by atoms with Gasteiger partial charge in [-0.05, 0) is 23.6 Å². The van der Waals surface area contributed by atoms with E-state index >= 15 is 0 Å². The molecule has 4 heteroatoms. The number of amides is 1. The van der Waals surface area contributed by atoms with Crippen LogP contribution in [0.15, 0.2) is 18.2 Å². The van der Waals surface area contributed by atoms with Gasteiger partial charge in [0.25, 0.3) is 0 Å². The van der Waals surface area contributed by atoms with Crippen molar-refractivity contribution in [1.29, 1.82) is 0 Å². The second-order valence-electron chi connectivity index (χ2n) is 5.16. The molecular weight excluding hydrogens is 257 g/mol. The van der Waals surface area contributed by atoms with E-state index in [-0.39, 0.29) is 18.3 Å². The minimum Gasteiger partial charge on any atom is -0.395 e. The molecule has 1 unspecified atom stereocenters. The van der Waals surface area contributed by atoms with Crippen LogP contribution >= 0.6 is 0 Å². The van der Waals surface area contributed by atoms with Gasteiger partial charge in [0.2, 0.25) is 5.91 Å². The Morgan fingerprint density at radius 3 is 2.95 bits per heavy atom. The molecule has 106 valence electrons. The number of nitrogens with zero attached hydrogens (tertiary/aromatic N) is 1. The molecule has 0 radical (unpaired) electrons. The number of likely N-dealkylation sites (tertiary alicyclic amines) is 1. The number of carbonyl (C=O) groups excluding carboxylic acids is 1. The molecule has 3 nitrogen and oxygen atoms in total. The zero-order chi connectivity index (χ0) is 14.5. The molecule has 1 heterocycles. The molecule has 1 aromatic rings. The Balaban J connectivity index is 2.19. The van der Waals surface area contributed by atoms with Gasteiger partial charge < -0.3 is 10.0 Å². The minimum atomic E-state index is -0.344. The molecule has 1 fully saturated rings. The first kappa shape index (κ1) is 14.5. The van der Waals surface area contributed by atoms with Crippen LogP contribution in [0.3, 0.4) is 0 Å². The topological polar surface area (TPSA) is 40.5 Å². The molecule has 0 bridgehead atoms. The largest absolute Gasteiger partial charge is 0.395 e. The average Bonchev–Trinajstić information content (AvgIpc) is 2.71. The van der Waals surface area contributed by atoms with E-state index < -0.39 is 0 Å². The van der Waals surface area contributed by atoms with Crippen LogP contribution in [0.4, 0.5) is 4.39 Å². The fourth-order valence-electron chi connectivity index (χ4n) is 2.34. The van der Waals surface area contributed by atoms with Crippen LogP contribution in [0, 0.1) is 23.6 Å². The van der Waals surface area contributed by atoms with Gasteiger partial charge in [-0.25, -0.2) is 4.39 Å². The fraction of sp³-hybridized carbons (Fsp3) is 0.438. The molecule has 1 saturated heterocycles. The average molecular weight is 275 g/mol. The molecule has 0 spiro atoms. The van der Waals surface area contributed by atoms with E-state index in [4.69, 9.17) is 5.11 Å². The Hall–Kier alpha value is -1.86. The first-order chi connectivity index (χ1) is 9.60. The van der Waals surface area contributed by atoms with E-state index in [0.717, 1.165) is 12.1 Å². The molecule has 1 aromatic carbocycles. The molecule has 20 heavy (non-hydrogen) atoms. The van der Waals surface area contributed by atoms with Crippen LogP contribution in [0.2, 0.25) is 0 Å². The molecule has 2 rings (SSSR count). The van der Waals surface area contributed by atoms with Crippen LogP contribution < -0.4 is 0 Å². The summed E-state index contributed by atoms with van der Waals surface area (Å²) >= 11 is 0. The van der Waals surface area contributed by atoms with Crippen LogP contribution in [0.5, 0.6) is 0 Å². The van der Waals surface area contributed by atoms with Crippen molar-refractivity contribution in [2.45, 2.75) is 26.3 Å². The first-order valence-electron chi connectivity index (χ1n) is 6.76. The molecule has 0 saturated carbocycles. The Morgan fingerprint density at radius 1 is 1.50 bits per heavy atom. The van der Waals surface area contributed by atoms with Crippen LogP contribution in [0.25, 0.3) is 0 Å². The summed E-state index contributed by atoms with van der Waals surface area (Å²) in [5.74, 6) is 5.82. The third-order valence-electron chi connectivity index (χ3n) is 3.30. The normalized spacial score (nSPS) is 18.1. The number of aliphatic hydroxyl groups excluding tert-OH is 1. The minimum absolute atomic E-state index is 0.0141. The van der Waals surface area contributed by atoms with Crippen LogP contribution in [-0.2, 0) is 11.3 Å². The maximum Gasteiger partial charge on any atom is 0.223 e. The number of benzene rings is 1. The summed E-state index contributed by atoms with van der Waals surface area (Å²) in [6, 6.07) is 4.44. The highest BCUT2D eigenvalue weighted by Gasteiger charge is 2.26. The van der Waals surface area contributed by atoms with E-state index in [2.05, 4.69) is 11.8 Å². The molecule has 1 atom stereocenters. The number of hydrogen-bond donors (Lipinski definition) is 1. The summed E-state index contributed by atoms with van der Waals surface area (Å²) in [6.45, 7) is 3.23. The van der Waals surface area contributed by atoms with Crippen molar-refractivity contribution in [3.05, 3.63) is 35.1 Å². The van der Waals surface area contributed by atoms with Crippen LogP contribution in [0.1, 0.15) is 30.9 Å². The van der Waals surface area contributed by atoms with Crippen molar-refractivity contribution in [3.8, 4) is 11.8 Å². The lowest BCUT2D eigenvalue weighted by Gasteiger charge is -2.17. The summed E-state index contributed by atoms with van der Waals surface area (Å²) in [7, 11) is 0. The highest BCUT2D eigenvalue weighted by Crippen LogP contribution is 2.21. The predicted octanol–water partition coefficient (Wildman–Crippen LogP) is 1.93. The van der Waals surface area contributed by atoms with Gasteiger partial charge in [0, 0.05) is 31.5 Å².